The topological polar surface area (TPSA) is 58.6 Å². The van der Waals surface area contributed by atoms with Crippen LogP contribution in [-0.4, -0.2) is 36.9 Å². The lowest BCUT2D eigenvalue weighted by Gasteiger charge is -2.17. The van der Waals surface area contributed by atoms with Gasteiger partial charge in [0.25, 0.3) is 0 Å². The van der Waals surface area contributed by atoms with Crippen LogP contribution in [0.1, 0.15) is 97.3 Å². The standard InChI is InChI=1S/C20H41NO3/c1-3-5-10-14-19(13-6-4-2)24-20(23)15-11-8-7-9-12-16-21-17-18-22/h19,21-22H,3-18H2,1-2H3. The van der Waals surface area contributed by atoms with Gasteiger partial charge in [-0.1, -0.05) is 58.8 Å². The molecule has 0 aliphatic heterocycles. The molecule has 0 saturated heterocycles. The summed E-state index contributed by atoms with van der Waals surface area (Å²) in [6.07, 6.45) is 14.2. The first-order valence-corrected chi connectivity index (χ1v) is 10.3. The van der Waals surface area contributed by atoms with E-state index in [0.717, 1.165) is 51.5 Å². The van der Waals surface area contributed by atoms with Crippen molar-refractivity contribution in [3.05, 3.63) is 0 Å². The van der Waals surface area contributed by atoms with Crippen molar-refractivity contribution in [2.24, 2.45) is 0 Å². The Kier molecular flexibility index (Phi) is 18.2. The molecule has 0 heterocycles. The molecule has 4 nitrogen and oxygen atoms in total. The second kappa shape index (κ2) is 18.7. The molecule has 0 amide bonds. The molecule has 0 radical (unpaired) electrons. The summed E-state index contributed by atoms with van der Waals surface area (Å²) in [6, 6.07) is 0. The van der Waals surface area contributed by atoms with Crippen molar-refractivity contribution < 1.29 is 14.6 Å². The second-order valence-corrected chi connectivity index (χ2v) is 6.74. The first-order valence-electron chi connectivity index (χ1n) is 10.3. The Hall–Kier alpha value is -0.610. The highest BCUT2D eigenvalue weighted by Gasteiger charge is 2.13. The number of ether oxygens (including phenoxy) is 1. The van der Waals surface area contributed by atoms with Gasteiger partial charge in [0.05, 0.1) is 6.61 Å². The van der Waals surface area contributed by atoms with Crippen molar-refractivity contribution in [1.82, 2.24) is 5.32 Å². The largest absolute Gasteiger partial charge is 0.462 e. The zero-order valence-electron chi connectivity index (χ0n) is 16.2. The van der Waals surface area contributed by atoms with Crippen molar-refractivity contribution in [2.75, 3.05) is 19.7 Å². The van der Waals surface area contributed by atoms with Gasteiger partial charge in [0.15, 0.2) is 0 Å². The molecule has 0 fully saturated rings. The minimum Gasteiger partial charge on any atom is -0.462 e. The average molecular weight is 344 g/mol. The molecular formula is C20H41NO3. The fourth-order valence-corrected chi connectivity index (χ4v) is 2.81. The first kappa shape index (κ1) is 23.4. The van der Waals surface area contributed by atoms with Gasteiger partial charge in [0, 0.05) is 13.0 Å². The van der Waals surface area contributed by atoms with Crippen molar-refractivity contribution >= 4 is 5.97 Å². The maximum absolute atomic E-state index is 12.0. The fourth-order valence-electron chi connectivity index (χ4n) is 2.81. The maximum atomic E-state index is 12.0. The highest BCUT2D eigenvalue weighted by atomic mass is 16.5. The van der Waals surface area contributed by atoms with E-state index in [0.29, 0.717) is 13.0 Å². The summed E-state index contributed by atoms with van der Waals surface area (Å²) in [4.78, 5) is 12.0. The Morgan fingerprint density at radius 1 is 0.875 bits per heavy atom. The quantitative estimate of drug-likeness (QED) is 0.282. The molecule has 0 aromatic rings. The molecule has 144 valence electrons. The smallest absolute Gasteiger partial charge is 0.306 e. The van der Waals surface area contributed by atoms with Crippen molar-refractivity contribution in [3.63, 3.8) is 0 Å². The fraction of sp³-hybridized carbons (Fsp3) is 0.950. The summed E-state index contributed by atoms with van der Waals surface area (Å²) >= 11 is 0. The van der Waals surface area contributed by atoms with Crippen LogP contribution in [0.15, 0.2) is 0 Å². The summed E-state index contributed by atoms with van der Waals surface area (Å²) in [5.74, 6) is -0.00258. The van der Waals surface area contributed by atoms with Gasteiger partial charge < -0.3 is 15.2 Å². The van der Waals surface area contributed by atoms with E-state index >= 15 is 0 Å². The summed E-state index contributed by atoms with van der Waals surface area (Å²) in [6.45, 7) is 6.25. The average Bonchev–Trinajstić information content (AvgIpc) is 2.58. The van der Waals surface area contributed by atoms with Crippen LogP contribution in [0.5, 0.6) is 0 Å². The number of hydrogen-bond donors (Lipinski definition) is 2. The summed E-state index contributed by atoms with van der Waals surface area (Å²) in [5.41, 5.74) is 0. The van der Waals surface area contributed by atoms with E-state index in [4.69, 9.17) is 9.84 Å². The van der Waals surface area contributed by atoms with Gasteiger partial charge in [-0.3, -0.25) is 4.79 Å². The van der Waals surface area contributed by atoms with E-state index in [1.54, 1.807) is 0 Å². The monoisotopic (exact) mass is 343 g/mol. The van der Waals surface area contributed by atoms with E-state index in [1.165, 1.54) is 32.1 Å². The third kappa shape index (κ3) is 16.3. The van der Waals surface area contributed by atoms with Crippen LogP contribution in [0, 0.1) is 0 Å². The Morgan fingerprint density at radius 3 is 2.25 bits per heavy atom. The molecule has 0 aromatic carbocycles. The Morgan fingerprint density at radius 2 is 1.54 bits per heavy atom. The number of nitrogens with one attached hydrogen (secondary N) is 1. The van der Waals surface area contributed by atoms with Crippen LogP contribution in [0.25, 0.3) is 0 Å². The zero-order chi connectivity index (χ0) is 17.9. The molecule has 0 saturated carbocycles. The molecule has 0 spiro atoms. The molecular weight excluding hydrogens is 302 g/mol. The molecule has 2 N–H and O–H groups in total. The van der Waals surface area contributed by atoms with Gasteiger partial charge in [-0.05, 0) is 38.6 Å². The minimum atomic E-state index is -0.00258. The van der Waals surface area contributed by atoms with E-state index < -0.39 is 0 Å². The zero-order valence-corrected chi connectivity index (χ0v) is 16.2. The van der Waals surface area contributed by atoms with E-state index in [2.05, 4.69) is 19.2 Å². The molecule has 0 aliphatic carbocycles. The Bertz CT molecular complexity index is 272. The highest BCUT2D eigenvalue weighted by Crippen LogP contribution is 2.15. The summed E-state index contributed by atoms with van der Waals surface area (Å²) < 4.78 is 5.70. The molecule has 1 unspecified atom stereocenters. The van der Waals surface area contributed by atoms with Gasteiger partial charge in [0.2, 0.25) is 0 Å². The van der Waals surface area contributed by atoms with Gasteiger partial charge in [-0.2, -0.15) is 0 Å². The number of aliphatic hydroxyl groups is 1. The van der Waals surface area contributed by atoms with Gasteiger partial charge in [0.1, 0.15) is 6.10 Å². The van der Waals surface area contributed by atoms with Gasteiger partial charge >= 0.3 is 5.97 Å². The number of aliphatic hydroxyl groups excluding tert-OH is 1. The highest BCUT2D eigenvalue weighted by molar-refractivity contribution is 5.69. The lowest BCUT2D eigenvalue weighted by Crippen LogP contribution is -2.19. The summed E-state index contributed by atoms with van der Waals surface area (Å²) in [7, 11) is 0. The van der Waals surface area contributed by atoms with Gasteiger partial charge in [-0.25, -0.2) is 0 Å². The Balaban J connectivity index is 3.64. The molecule has 1 atom stereocenters. The second-order valence-electron chi connectivity index (χ2n) is 6.74. The Labute approximate surface area is 149 Å². The van der Waals surface area contributed by atoms with Crippen LogP contribution in [-0.2, 0) is 9.53 Å². The number of esters is 1. The van der Waals surface area contributed by atoms with Crippen LogP contribution in [0.3, 0.4) is 0 Å². The van der Waals surface area contributed by atoms with Crippen LogP contribution in [0.4, 0.5) is 0 Å². The van der Waals surface area contributed by atoms with Gasteiger partial charge in [-0.15, -0.1) is 0 Å². The van der Waals surface area contributed by atoms with Crippen molar-refractivity contribution in [1.29, 1.82) is 0 Å². The molecule has 4 heteroatoms. The summed E-state index contributed by atoms with van der Waals surface area (Å²) in [5, 5.41) is 11.8. The van der Waals surface area contributed by atoms with E-state index in [1.807, 2.05) is 0 Å². The third-order valence-corrected chi connectivity index (χ3v) is 4.33. The van der Waals surface area contributed by atoms with E-state index in [9.17, 15) is 4.79 Å². The molecule has 24 heavy (non-hydrogen) atoms. The molecule has 0 aliphatic rings. The lowest BCUT2D eigenvalue weighted by molar-refractivity contribution is -0.150. The van der Waals surface area contributed by atoms with Crippen LogP contribution >= 0.6 is 0 Å². The normalized spacial score (nSPS) is 12.3. The predicted molar refractivity (Wildman–Crippen MR) is 101 cm³/mol. The number of unbranched alkanes of at least 4 members (excludes halogenated alkanes) is 7. The van der Waals surface area contributed by atoms with Crippen molar-refractivity contribution in [3.8, 4) is 0 Å². The third-order valence-electron chi connectivity index (χ3n) is 4.33. The van der Waals surface area contributed by atoms with Crippen LogP contribution < -0.4 is 5.32 Å². The maximum Gasteiger partial charge on any atom is 0.306 e. The lowest BCUT2D eigenvalue weighted by atomic mass is 10.1. The SMILES string of the molecule is CCCCCC(CCCC)OC(=O)CCCCCCCNCCO. The molecule has 0 rings (SSSR count). The van der Waals surface area contributed by atoms with E-state index in [-0.39, 0.29) is 18.7 Å². The number of rotatable bonds is 18. The number of hydrogen-bond acceptors (Lipinski definition) is 4. The predicted octanol–water partition coefficient (Wildman–Crippen LogP) is 4.59. The minimum absolute atomic E-state index is 0.00258. The number of carbonyl (C=O) groups excluding carboxylic acids is 1. The first-order chi connectivity index (χ1) is 11.7. The van der Waals surface area contributed by atoms with Crippen molar-refractivity contribution in [2.45, 2.75) is 103 Å². The molecule has 0 bridgehead atoms. The molecule has 0 aromatic heterocycles. The van der Waals surface area contributed by atoms with Crippen LogP contribution in [0.2, 0.25) is 0 Å². The number of carbonyl (C=O) groups is 1.